The summed E-state index contributed by atoms with van der Waals surface area (Å²) >= 11 is 6.12. The summed E-state index contributed by atoms with van der Waals surface area (Å²) in [6.07, 6.45) is 1.11. The fraction of sp³-hybridized carbons (Fsp3) is 0.667. The first-order valence-electron chi connectivity index (χ1n) is 10.7. The molecule has 2 aliphatic heterocycles. The van der Waals surface area contributed by atoms with E-state index in [4.69, 9.17) is 16.3 Å². The van der Waals surface area contributed by atoms with E-state index in [1.807, 2.05) is 19.2 Å². The molecule has 0 spiro atoms. The maximum Gasteiger partial charge on any atom is 0.191 e. The van der Waals surface area contributed by atoms with Crippen LogP contribution in [0.5, 0.6) is 0 Å². The molecular weight excluding hydrogens is 515 g/mol. The van der Waals surface area contributed by atoms with Gasteiger partial charge in [-0.15, -0.1) is 24.0 Å². The molecule has 9 heteroatoms. The van der Waals surface area contributed by atoms with E-state index in [-0.39, 0.29) is 24.0 Å². The van der Waals surface area contributed by atoms with Crippen molar-refractivity contribution in [3.63, 3.8) is 0 Å². The minimum Gasteiger partial charge on any atom is -0.379 e. The molecule has 2 heterocycles. The van der Waals surface area contributed by atoms with E-state index in [1.54, 1.807) is 0 Å². The van der Waals surface area contributed by atoms with Crippen molar-refractivity contribution >= 4 is 47.2 Å². The molecule has 2 N–H and O–H groups in total. The molecule has 0 bridgehead atoms. The lowest BCUT2D eigenvalue weighted by Gasteiger charge is -2.36. The largest absolute Gasteiger partial charge is 0.379 e. The number of piperazine rings is 1. The number of guanidine groups is 1. The minimum absolute atomic E-state index is 0. The van der Waals surface area contributed by atoms with Gasteiger partial charge in [-0.2, -0.15) is 0 Å². The number of anilines is 1. The first-order valence-corrected chi connectivity index (χ1v) is 11.1. The van der Waals surface area contributed by atoms with Crippen molar-refractivity contribution < 1.29 is 4.74 Å². The van der Waals surface area contributed by atoms with Crippen LogP contribution in [0.1, 0.15) is 6.42 Å². The van der Waals surface area contributed by atoms with Crippen molar-refractivity contribution in [2.24, 2.45) is 4.99 Å². The molecule has 0 aliphatic carbocycles. The van der Waals surface area contributed by atoms with Crippen LogP contribution in [0.15, 0.2) is 29.3 Å². The quantitative estimate of drug-likeness (QED) is 0.223. The summed E-state index contributed by atoms with van der Waals surface area (Å²) in [6.45, 7) is 12.0. The molecule has 2 aliphatic rings. The van der Waals surface area contributed by atoms with Gasteiger partial charge >= 0.3 is 0 Å². The van der Waals surface area contributed by atoms with Gasteiger partial charge in [-0.05, 0) is 31.2 Å². The Morgan fingerprint density at radius 3 is 2.40 bits per heavy atom. The number of morpholine rings is 1. The van der Waals surface area contributed by atoms with Gasteiger partial charge in [0.1, 0.15) is 0 Å². The molecule has 7 nitrogen and oxygen atoms in total. The summed E-state index contributed by atoms with van der Waals surface area (Å²) in [6, 6.07) is 8.15. The number of aliphatic imine (C=N–C) groups is 1. The summed E-state index contributed by atoms with van der Waals surface area (Å²) in [5.41, 5.74) is 1.23. The standard InChI is InChI=1S/C21H35ClN6O.HI/c1-23-21(25-7-9-27-14-16-29-17-15-27)24-6-3-8-26-10-12-28(13-11-26)20-5-2-4-19(22)18-20;/h2,4-5,18H,3,6-17H2,1H3,(H2,23,24,25);1H. The lowest BCUT2D eigenvalue weighted by Crippen LogP contribution is -2.47. The average molecular weight is 551 g/mol. The molecule has 30 heavy (non-hydrogen) atoms. The molecule has 1 aromatic carbocycles. The molecular formula is C21H36ClIN6O. The van der Waals surface area contributed by atoms with Crippen molar-refractivity contribution in [2.45, 2.75) is 6.42 Å². The van der Waals surface area contributed by atoms with Crippen molar-refractivity contribution in [2.75, 3.05) is 90.6 Å². The van der Waals surface area contributed by atoms with Gasteiger partial charge in [-0.3, -0.25) is 14.8 Å². The zero-order valence-corrected chi connectivity index (χ0v) is 21.1. The third-order valence-electron chi connectivity index (χ3n) is 5.54. The van der Waals surface area contributed by atoms with E-state index < -0.39 is 0 Å². The normalized spacial score (nSPS) is 18.7. The number of benzene rings is 1. The summed E-state index contributed by atoms with van der Waals surface area (Å²) in [5, 5.41) is 7.65. The van der Waals surface area contributed by atoms with Crippen molar-refractivity contribution in [3.8, 4) is 0 Å². The fourth-order valence-electron chi connectivity index (χ4n) is 3.79. The van der Waals surface area contributed by atoms with Crippen LogP contribution in [-0.4, -0.2) is 101 Å². The summed E-state index contributed by atoms with van der Waals surface area (Å²) < 4.78 is 5.39. The second kappa shape index (κ2) is 14.3. The first-order chi connectivity index (χ1) is 14.2. The molecule has 0 atom stereocenters. The van der Waals surface area contributed by atoms with E-state index in [0.29, 0.717) is 0 Å². The fourth-order valence-corrected chi connectivity index (χ4v) is 3.97. The van der Waals surface area contributed by atoms with Gasteiger partial charge in [0.2, 0.25) is 0 Å². The van der Waals surface area contributed by atoms with Crippen LogP contribution in [0.3, 0.4) is 0 Å². The van der Waals surface area contributed by atoms with E-state index in [0.717, 1.165) is 96.1 Å². The van der Waals surface area contributed by atoms with E-state index in [9.17, 15) is 0 Å². The Balaban J connectivity index is 0.00000320. The van der Waals surface area contributed by atoms with Crippen LogP contribution in [0, 0.1) is 0 Å². The summed E-state index contributed by atoms with van der Waals surface area (Å²) in [4.78, 5) is 11.7. The van der Waals surface area contributed by atoms with Gasteiger partial charge in [0.25, 0.3) is 0 Å². The molecule has 0 amide bonds. The topological polar surface area (TPSA) is 55.4 Å². The molecule has 2 saturated heterocycles. The van der Waals surface area contributed by atoms with Crippen LogP contribution < -0.4 is 15.5 Å². The molecule has 3 rings (SSSR count). The highest BCUT2D eigenvalue weighted by atomic mass is 127. The number of rotatable bonds is 8. The molecule has 0 aromatic heterocycles. The van der Waals surface area contributed by atoms with Gasteiger partial charge in [-0.25, -0.2) is 0 Å². The van der Waals surface area contributed by atoms with Gasteiger partial charge in [-0.1, -0.05) is 17.7 Å². The third kappa shape index (κ3) is 8.74. The van der Waals surface area contributed by atoms with Crippen molar-refractivity contribution in [3.05, 3.63) is 29.3 Å². The zero-order chi connectivity index (χ0) is 20.3. The predicted octanol–water partition coefficient (Wildman–Crippen LogP) is 1.97. The Morgan fingerprint density at radius 1 is 1.00 bits per heavy atom. The number of hydrogen-bond acceptors (Lipinski definition) is 5. The molecule has 2 fully saturated rings. The number of hydrogen-bond donors (Lipinski definition) is 2. The molecule has 0 saturated carbocycles. The SMILES string of the molecule is CN=C(NCCCN1CCN(c2cccc(Cl)c2)CC1)NCCN1CCOCC1.I. The highest BCUT2D eigenvalue weighted by molar-refractivity contribution is 14.0. The zero-order valence-electron chi connectivity index (χ0n) is 18.0. The lowest BCUT2D eigenvalue weighted by molar-refractivity contribution is 0.0389. The molecule has 0 radical (unpaired) electrons. The second-order valence-corrected chi connectivity index (χ2v) is 7.98. The average Bonchev–Trinajstić information content (AvgIpc) is 2.76. The Kier molecular flexibility index (Phi) is 12.1. The summed E-state index contributed by atoms with van der Waals surface area (Å²) in [7, 11) is 1.83. The Bertz CT molecular complexity index is 636. The number of nitrogens with one attached hydrogen (secondary N) is 2. The minimum atomic E-state index is 0. The molecule has 1 aromatic rings. The first kappa shape index (κ1) is 25.5. The third-order valence-corrected chi connectivity index (χ3v) is 5.77. The Hall–Kier alpha value is -0.810. The number of halogens is 2. The van der Waals surface area contributed by atoms with Gasteiger partial charge in [0.05, 0.1) is 13.2 Å². The maximum atomic E-state index is 6.12. The Morgan fingerprint density at radius 2 is 1.70 bits per heavy atom. The van der Waals surface area contributed by atoms with Gasteiger partial charge < -0.3 is 20.3 Å². The van der Waals surface area contributed by atoms with Crippen LogP contribution in [0.25, 0.3) is 0 Å². The predicted molar refractivity (Wildman–Crippen MR) is 137 cm³/mol. The highest BCUT2D eigenvalue weighted by Gasteiger charge is 2.17. The highest BCUT2D eigenvalue weighted by Crippen LogP contribution is 2.20. The van der Waals surface area contributed by atoms with Crippen LogP contribution >= 0.6 is 35.6 Å². The van der Waals surface area contributed by atoms with E-state index >= 15 is 0 Å². The molecule has 0 unspecified atom stereocenters. The van der Waals surface area contributed by atoms with Crippen LogP contribution in [0.4, 0.5) is 5.69 Å². The molecule has 170 valence electrons. The Labute approximate surface area is 203 Å². The van der Waals surface area contributed by atoms with E-state index in [1.165, 1.54) is 5.69 Å². The lowest BCUT2D eigenvalue weighted by atomic mass is 10.2. The maximum absolute atomic E-state index is 6.12. The van der Waals surface area contributed by atoms with Crippen LogP contribution in [-0.2, 0) is 4.74 Å². The van der Waals surface area contributed by atoms with Crippen molar-refractivity contribution in [1.82, 2.24) is 20.4 Å². The van der Waals surface area contributed by atoms with Crippen LogP contribution in [0.2, 0.25) is 5.02 Å². The van der Waals surface area contributed by atoms with Crippen molar-refractivity contribution in [1.29, 1.82) is 0 Å². The van der Waals surface area contributed by atoms with Gasteiger partial charge in [0.15, 0.2) is 5.96 Å². The second-order valence-electron chi connectivity index (χ2n) is 7.54. The number of nitrogens with zero attached hydrogens (tertiary/aromatic N) is 4. The smallest absolute Gasteiger partial charge is 0.191 e. The summed E-state index contributed by atoms with van der Waals surface area (Å²) in [5.74, 6) is 0.893. The number of ether oxygens (including phenoxy) is 1. The van der Waals surface area contributed by atoms with E-state index in [2.05, 4.69) is 42.5 Å². The monoisotopic (exact) mass is 550 g/mol. The van der Waals surface area contributed by atoms with Gasteiger partial charge in [0, 0.05) is 76.7 Å².